The lowest BCUT2D eigenvalue weighted by atomic mass is 10.0. The topological polar surface area (TPSA) is 165 Å². The summed E-state index contributed by atoms with van der Waals surface area (Å²) in [6.45, 7) is 15.1. The van der Waals surface area contributed by atoms with Crippen molar-refractivity contribution in [3.8, 4) is 23.3 Å². The van der Waals surface area contributed by atoms with Gasteiger partial charge in [0.2, 0.25) is 11.4 Å². The second-order valence-electron chi connectivity index (χ2n) is 13.6. The van der Waals surface area contributed by atoms with Crippen LogP contribution in [0.1, 0.15) is 67.2 Å². The van der Waals surface area contributed by atoms with Crippen molar-refractivity contribution >= 4 is 37.0 Å². The molecular formula is C35H43N5O6Si. The first-order chi connectivity index (χ1) is 21.9. The van der Waals surface area contributed by atoms with Gasteiger partial charge in [0.25, 0.3) is 0 Å². The molecule has 4 rings (SSSR count). The van der Waals surface area contributed by atoms with E-state index in [4.69, 9.17) is 25.4 Å². The Morgan fingerprint density at radius 1 is 1.04 bits per heavy atom. The molecule has 5 N–H and O–H groups in total. The summed E-state index contributed by atoms with van der Waals surface area (Å²) < 4.78 is 19.6. The Kier molecular flexibility index (Phi) is 9.75. The van der Waals surface area contributed by atoms with Crippen molar-refractivity contribution in [3.63, 3.8) is 0 Å². The number of benzene rings is 2. The summed E-state index contributed by atoms with van der Waals surface area (Å²) in [6, 6.07) is 8.83. The number of aromatic nitrogens is 3. The van der Waals surface area contributed by atoms with E-state index in [0.29, 0.717) is 46.7 Å². The Labute approximate surface area is 276 Å². The highest BCUT2D eigenvalue weighted by atomic mass is 28.4. The van der Waals surface area contributed by atoms with E-state index in [9.17, 15) is 14.7 Å². The van der Waals surface area contributed by atoms with Crippen LogP contribution in [0.25, 0.3) is 10.9 Å². The Morgan fingerprint density at radius 2 is 1.74 bits per heavy atom. The Morgan fingerprint density at radius 3 is 2.34 bits per heavy atom. The molecule has 0 aliphatic carbocycles. The van der Waals surface area contributed by atoms with Crippen molar-refractivity contribution in [3.05, 3.63) is 80.8 Å². The Bertz CT molecular complexity index is 1970. The van der Waals surface area contributed by atoms with Crippen LogP contribution in [0.4, 0.5) is 11.8 Å². The maximum absolute atomic E-state index is 13.3. The van der Waals surface area contributed by atoms with Crippen LogP contribution in [0.3, 0.4) is 0 Å². The molecule has 0 unspecified atom stereocenters. The molecule has 0 aliphatic heterocycles. The molecule has 11 nitrogen and oxygen atoms in total. The summed E-state index contributed by atoms with van der Waals surface area (Å²) in [6.07, 6.45) is 3.40. The van der Waals surface area contributed by atoms with Gasteiger partial charge in [0.1, 0.15) is 11.4 Å². The fourth-order valence-electron chi connectivity index (χ4n) is 4.85. The number of fused-ring (bicyclic) bond motifs is 1. The number of hydrogen-bond donors (Lipinski definition) is 3. The molecule has 0 aliphatic rings. The number of rotatable bonds is 9. The highest BCUT2D eigenvalue weighted by Gasteiger charge is 2.39. The fourth-order valence-corrected chi connectivity index (χ4v) is 5.99. The Hall–Kier alpha value is -4.86. The number of nitrogens with two attached hydrogens (primary N) is 2. The fraction of sp³-hybridized carbons (Fsp3) is 0.371. The second kappa shape index (κ2) is 13.1. The lowest BCUT2D eigenvalue weighted by Gasteiger charge is -2.40. The molecule has 0 fully saturated rings. The van der Waals surface area contributed by atoms with Crippen LogP contribution in [0, 0.1) is 11.8 Å². The van der Waals surface area contributed by atoms with Gasteiger partial charge in [0.15, 0.2) is 19.8 Å². The van der Waals surface area contributed by atoms with E-state index in [1.54, 1.807) is 31.5 Å². The van der Waals surface area contributed by atoms with E-state index in [2.05, 4.69) is 55.7 Å². The number of aromatic carboxylic acids is 1. The van der Waals surface area contributed by atoms with Crippen molar-refractivity contribution in [2.75, 3.05) is 32.3 Å². The van der Waals surface area contributed by atoms with E-state index >= 15 is 0 Å². The van der Waals surface area contributed by atoms with Gasteiger partial charge in [-0.2, -0.15) is 4.98 Å². The van der Waals surface area contributed by atoms with Crippen LogP contribution >= 0.6 is 0 Å². The summed E-state index contributed by atoms with van der Waals surface area (Å²) in [7, 11) is 0.954. The largest absolute Gasteiger partial charge is 0.493 e. The first-order valence-electron chi connectivity index (χ1n) is 15.1. The van der Waals surface area contributed by atoms with Gasteiger partial charge in [-0.1, -0.05) is 32.6 Å². The van der Waals surface area contributed by atoms with Crippen LogP contribution in [0.15, 0.2) is 47.5 Å². The molecule has 0 atom stereocenters. The molecular weight excluding hydrogens is 615 g/mol. The minimum absolute atomic E-state index is 0.0137. The van der Waals surface area contributed by atoms with Crippen LogP contribution in [-0.4, -0.2) is 54.8 Å². The zero-order valence-corrected chi connectivity index (χ0v) is 29.4. The van der Waals surface area contributed by atoms with Crippen molar-refractivity contribution < 1.29 is 23.8 Å². The summed E-state index contributed by atoms with van der Waals surface area (Å²) in [5.74, 6) is 6.42. The van der Waals surface area contributed by atoms with E-state index in [1.165, 1.54) is 13.3 Å². The molecule has 0 amide bonds. The number of nitrogen functional groups attached to an aromatic ring is 2. The van der Waals surface area contributed by atoms with Crippen molar-refractivity contribution in [1.82, 2.24) is 14.5 Å². The second-order valence-corrected chi connectivity index (χ2v) is 18.4. The van der Waals surface area contributed by atoms with Crippen molar-refractivity contribution in [1.29, 1.82) is 0 Å². The molecule has 0 radical (unpaired) electrons. The minimum Gasteiger partial charge on any atom is -0.493 e. The highest BCUT2D eigenvalue weighted by molar-refractivity contribution is 6.74. The lowest BCUT2D eigenvalue weighted by Crippen LogP contribution is -2.45. The van der Waals surface area contributed by atoms with Gasteiger partial charge in [-0.05, 0) is 67.9 Å². The third-order valence-corrected chi connectivity index (χ3v) is 13.1. The lowest BCUT2D eigenvalue weighted by molar-refractivity contribution is 0.0693. The monoisotopic (exact) mass is 657 g/mol. The maximum Gasteiger partial charge on any atom is 0.341 e. The average molecular weight is 658 g/mol. The number of methoxy groups -OCH3 is 2. The van der Waals surface area contributed by atoms with Crippen molar-refractivity contribution in [2.24, 2.45) is 0 Å². The third kappa shape index (κ3) is 7.42. The molecule has 2 heterocycles. The molecule has 4 aromatic rings. The van der Waals surface area contributed by atoms with Gasteiger partial charge >= 0.3 is 5.97 Å². The zero-order chi connectivity index (χ0) is 34.9. The number of carboxylic acids is 1. The molecule has 0 saturated heterocycles. The van der Waals surface area contributed by atoms with Gasteiger partial charge in [0.05, 0.1) is 37.4 Å². The molecule has 2 aromatic carbocycles. The maximum atomic E-state index is 13.3. The molecule has 0 bridgehead atoms. The first-order valence-corrected chi connectivity index (χ1v) is 18.0. The number of nitrogens with zero attached hydrogens (tertiary/aromatic N) is 3. The smallest absolute Gasteiger partial charge is 0.341 e. The van der Waals surface area contributed by atoms with E-state index in [0.717, 1.165) is 5.56 Å². The van der Waals surface area contributed by atoms with Gasteiger partial charge in [-0.3, -0.25) is 4.79 Å². The molecule has 12 heteroatoms. The summed E-state index contributed by atoms with van der Waals surface area (Å²) in [5, 5.41) is 10.1. The molecule has 47 heavy (non-hydrogen) atoms. The van der Waals surface area contributed by atoms with Crippen LogP contribution in [0.2, 0.25) is 18.1 Å². The van der Waals surface area contributed by atoms with Crippen LogP contribution in [-0.2, 0) is 16.4 Å². The van der Waals surface area contributed by atoms with Gasteiger partial charge in [-0.25, -0.2) is 9.78 Å². The van der Waals surface area contributed by atoms with Crippen LogP contribution < -0.4 is 26.4 Å². The van der Waals surface area contributed by atoms with Crippen molar-refractivity contribution in [2.45, 2.75) is 64.7 Å². The summed E-state index contributed by atoms with van der Waals surface area (Å²) in [4.78, 5) is 33.5. The normalized spacial score (nSPS) is 12.0. The van der Waals surface area contributed by atoms with Crippen LogP contribution in [0.5, 0.6) is 11.5 Å². The average Bonchev–Trinajstić information content (AvgIpc) is 2.99. The minimum atomic E-state index is -2.13. The SMILES string of the molecule is COc1cc(Cc2cnc(N)nc2N)cc(C#Cc2ccc3c(=O)c(C(=O)O)cn(C(C)(C)CO[Si](C)(C)C(C)(C)C)c3c2)c1OC. The predicted octanol–water partition coefficient (Wildman–Crippen LogP) is 5.42. The van der Waals surface area contributed by atoms with Gasteiger partial charge in [-0.15, -0.1) is 0 Å². The van der Waals surface area contributed by atoms with E-state index in [-0.39, 0.29) is 27.8 Å². The van der Waals surface area contributed by atoms with Gasteiger partial charge < -0.3 is 35.0 Å². The number of carbonyl (C=O) groups is 1. The third-order valence-electron chi connectivity index (χ3n) is 8.67. The number of carboxylic acid groups (broad SMARTS) is 1. The molecule has 248 valence electrons. The summed E-state index contributed by atoms with van der Waals surface area (Å²) >= 11 is 0. The van der Waals surface area contributed by atoms with Gasteiger partial charge in [0, 0.05) is 35.3 Å². The standard InChI is InChI=1S/C35H43N5O6Si/c1-34(2,3)47(8,9)46-20-35(4,5)40-19-26(32(42)43)29(41)25-13-11-21(16-27(25)40)10-12-23-14-22(17-28(44-6)30(23)45-7)15-24-18-38-33(37)39-31(24)36/h11,13-14,16-19H,15,20H2,1-9H3,(H,42,43)(H4,36,37,38,39). The summed E-state index contributed by atoms with van der Waals surface area (Å²) in [5.41, 5.74) is 13.4. The molecule has 0 spiro atoms. The quantitative estimate of drug-likeness (QED) is 0.156. The number of anilines is 2. The Balaban J connectivity index is 1.83. The molecule has 0 saturated carbocycles. The highest BCUT2D eigenvalue weighted by Crippen LogP contribution is 2.38. The zero-order valence-electron chi connectivity index (χ0n) is 28.4. The predicted molar refractivity (Wildman–Crippen MR) is 187 cm³/mol. The van der Waals surface area contributed by atoms with E-state index < -0.39 is 25.3 Å². The molecule has 2 aromatic heterocycles. The number of hydrogen-bond acceptors (Lipinski definition) is 9. The first kappa shape index (κ1) is 35.0. The number of ether oxygens (including phenoxy) is 2. The number of pyridine rings is 1. The van der Waals surface area contributed by atoms with E-state index in [1.807, 2.05) is 30.5 Å².